The highest BCUT2D eigenvalue weighted by atomic mass is 79.9. The molecule has 3 aromatic rings. The Balaban J connectivity index is 1.57. The van der Waals surface area contributed by atoms with E-state index in [2.05, 4.69) is 26.6 Å². The predicted molar refractivity (Wildman–Crippen MR) is 140 cm³/mol. The van der Waals surface area contributed by atoms with Crippen LogP contribution in [-0.4, -0.2) is 30.4 Å². The number of rotatable bonds is 6. The van der Waals surface area contributed by atoms with Crippen molar-refractivity contribution >= 4 is 80.3 Å². The van der Waals surface area contributed by atoms with Gasteiger partial charge in [-0.2, -0.15) is 0 Å². The number of imide groups is 2. The van der Waals surface area contributed by atoms with Crippen molar-refractivity contribution in [2.75, 3.05) is 16.8 Å². The molecule has 0 bridgehead atoms. The molecule has 36 heavy (non-hydrogen) atoms. The Bertz CT molecular complexity index is 1390. The van der Waals surface area contributed by atoms with Gasteiger partial charge in [-0.15, -0.1) is 0 Å². The number of nitrogens with zero attached hydrogens (tertiary/aromatic N) is 1. The molecule has 1 fully saturated rings. The molecule has 1 heterocycles. The van der Waals surface area contributed by atoms with Crippen LogP contribution in [-0.2, 0) is 14.4 Å². The molecular formula is C25H16BrCl2N3O5. The maximum atomic E-state index is 13.1. The van der Waals surface area contributed by atoms with Crippen LogP contribution >= 0.6 is 39.1 Å². The van der Waals surface area contributed by atoms with E-state index in [0.717, 1.165) is 4.90 Å². The van der Waals surface area contributed by atoms with Gasteiger partial charge >= 0.3 is 6.03 Å². The van der Waals surface area contributed by atoms with E-state index in [-0.39, 0.29) is 23.6 Å². The van der Waals surface area contributed by atoms with Gasteiger partial charge in [0.1, 0.15) is 11.3 Å². The van der Waals surface area contributed by atoms with Gasteiger partial charge in [0, 0.05) is 25.8 Å². The normalized spacial score (nSPS) is 14.6. The summed E-state index contributed by atoms with van der Waals surface area (Å²) in [7, 11) is 0. The molecule has 1 saturated heterocycles. The summed E-state index contributed by atoms with van der Waals surface area (Å²) in [5, 5.41) is 5.80. The fourth-order valence-corrected chi connectivity index (χ4v) is 3.91. The van der Waals surface area contributed by atoms with E-state index >= 15 is 0 Å². The van der Waals surface area contributed by atoms with E-state index in [0.29, 0.717) is 25.8 Å². The van der Waals surface area contributed by atoms with Crippen LogP contribution in [0.3, 0.4) is 0 Å². The molecule has 4 rings (SSSR count). The number of amides is 5. The smallest absolute Gasteiger partial charge is 0.335 e. The van der Waals surface area contributed by atoms with Crippen molar-refractivity contribution in [3.63, 3.8) is 0 Å². The van der Waals surface area contributed by atoms with Gasteiger partial charge in [0.05, 0.1) is 5.69 Å². The summed E-state index contributed by atoms with van der Waals surface area (Å²) in [5.74, 6) is -1.86. The molecule has 2 N–H and O–H groups in total. The predicted octanol–water partition coefficient (Wildman–Crippen LogP) is 5.44. The molecule has 0 aromatic heterocycles. The van der Waals surface area contributed by atoms with Crippen LogP contribution in [0.15, 0.2) is 76.8 Å². The van der Waals surface area contributed by atoms with Crippen molar-refractivity contribution in [3.8, 4) is 5.75 Å². The second kappa shape index (κ2) is 10.9. The summed E-state index contributed by atoms with van der Waals surface area (Å²) in [5.41, 5.74) is 0.832. The minimum Gasteiger partial charge on any atom is -0.483 e. The Morgan fingerprint density at radius 2 is 1.61 bits per heavy atom. The molecule has 1 aliphatic heterocycles. The molecule has 1 aliphatic rings. The minimum absolute atomic E-state index is 0.241. The zero-order valence-corrected chi connectivity index (χ0v) is 21.4. The van der Waals surface area contributed by atoms with Gasteiger partial charge in [-0.1, -0.05) is 39.1 Å². The fourth-order valence-electron chi connectivity index (χ4n) is 3.27. The van der Waals surface area contributed by atoms with Crippen LogP contribution in [0.25, 0.3) is 6.08 Å². The van der Waals surface area contributed by atoms with Crippen LogP contribution < -0.4 is 20.3 Å². The largest absolute Gasteiger partial charge is 0.483 e. The lowest BCUT2D eigenvalue weighted by Crippen LogP contribution is -2.54. The Morgan fingerprint density at radius 1 is 0.972 bits per heavy atom. The van der Waals surface area contributed by atoms with Gasteiger partial charge in [-0.3, -0.25) is 19.7 Å². The Morgan fingerprint density at radius 3 is 2.28 bits per heavy atom. The fraction of sp³-hybridized carbons (Fsp3) is 0.0400. The molecule has 0 spiro atoms. The Kier molecular flexibility index (Phi) is 7.73. The number of carbonyl (C=O) groups excluding carboxylic acids is 4. The monoisotopic (exact) mass is 587 g/mol. The molecule has 182 valence electrons. The number of carbonyl (C=O) groups is 4. The number of urea groups is 1. The molecule has 3 aromatic carbocycles. The van der Waals surface area contributed by atoms with E-state index in [9.17, 15) is 19.2 Å². The molecule has 0 aliphatic carbocycles. The average molecular weight is 589 g/mol. The number of hydrogen-bond acceptors (Lipinski definition) is 5. The zero-order chi connectivity index (χ0) is 25.8. The topological polar surface area (TPSA) is 105 Å². The van der Waals surface area contributed by atoms with Crippen molar-refractivity contribution in [1.82, 2.24) is 5.32 Å². The highest BCUT2D eigenvalue weighted by molar-refractivity contribution is 9.10. The first-order valence-electron chi connectivity index (χ1n) is 10.4. The maximum Gasteiger partial charge on any atom is 0.335 e. The first-order valence-corrected chi connectivity index (χ1v) is 11.9. The summed E-state index contributed by atoms with van der Waals surface area (Å²) < 4.78 is 6.31. The second-order valence-corrected chi connectivity index (χ2v) is 9.25. The summed E-state index contributed by atoms with van der Waals surface area (Å²) in [4.78, 5) is 51.3. The third kappa shape index (κ3) is 5.93. The average Bonchev–Trinajstić information content (AvgIpc) is 2.84. The van der Waals surface area contributed by atoms with E-state index in [1.54, 1.807) is 42.5 Å². The molecule has 8 nitrogen and oxygen atoms in total. The van der Waals surface area contributed by atoms with Gasteiger partial charge < -0.3 is 10.1 Å². The molecule has 5 amide bonds. The van der Waals surface area contributed by atoms with Gasteiger partial charge in [0.25, 0.3) is 17.7 Å². The van der Waals surface area contributed by atoms with Crippen molar-refractivity contribution in [2.45, 2.75) is 0 Å². The van der Waals surface area contributed by atoms with Crippen LogP contribution in [0.4, 0.5) is 16.2 Å². The lowest BCUT2D eigenvalue weighted by molar-refractivity contribution is -0.122. The highest BCUT2D eigenvalue weighted by Crippen LogP contribution is 2.28. The first-order chi connectivity index (χ1) is 17.2. The van der Waals surface area contributed by atoms with Crippen LogP contribution in [0.2, 0.25) is 10.0 Å². The number of barbiturate groups is 1. The van der Waals surface area contributed by atoms with E-state index in [4.69, 9.17) is 27.9 Å². The third-order valence-electron chi connectivity index (χ3n) is 4.94. The molecule has 11 heteroatoms. The zero-order valence-electron chi connectivity index (χ0n) is 18.3. The van der Waals surface area contributed by atoms with Gasteiger partial charge in [-0.05, 0) is 72.8 Å². The molecule has 0 saturated carbocycles. The van der Waals surface area contributed by atoms with Crippen molar-refractivity contribution in [2.24, 2.45) is 0 Å². The van der Waals surface area contributed by atoms with Gasteiger partial charge in [0.2, 0.25) is 0 Å². The summed E-state index contributed by atoms with van der Waals surface area (Å²) in [6, 6.07) is 16.6. The standard InChI is InChI=1S/C25H16BrCl2N3O5/c26-15-1-10-21(36-13-22(32)29-18-6-2-16(27)3-7-18)14(11-15)12-20-23(33)30-25(35)31(24(20)34)19-8-4-17(28)5-9-19/h1-12H,13H2,(H,29,32)(H,30,33,35)/b20-12+. The third-order valence-corrected chi connectivity index (χ3v) is 5.94. The van der Waals surface area contributed by atoms with E-state index < -0.39 is 23.8 Å². The van der Waals surface area contributed by atoms with Crippen molar-refractivity contribution in [3.05, 3.63) is 92.4 Å². The van der Waals surface area contributed by atoms with Gasteiger partial charge in [0.15, 0.2) is 6.61 Å². The quantitative estimate of drug-likeness (QED) is 0.295. The minimum atomic E-state index is -0.881. The number of ether oxygens (including phenoxy) is 1. The van der Waals surface area contributed by atoms with Crippen molar-refractivity contribution in [1.29, 1.82) is 0 Å². The van der Waals surface area contributed by atoms with E-state index in [1.165, 1.54) is 30.3 Å². The summed E-state index contributed by atoms with van der Waals surface area (Å²) >= 11 is 15.1. The summed E-state index contributed by atoms with van der Waals surface area (Å²) in [6.45, 7) is -0.337. The first kappa shape index (κ1) is 25.4. The SMILES string of the molecule is O=C(COc1ccc(Br)cc1/C=C1\C(=O)NC(=O)N(c2ccc(Cl)cc2)C1=O)Nc1ccc(Cl)cc1. The molecule has 0 atom stereocenters. The Labute approximate surface area is 223 Å². The van der Waals surface area contributed by atoms with Crippen LogP contribution in [0.1, 0.15) is 5.56 Å². The molecular weight excluding hydrogens is 573 g/mol. The number of hydrogen-bond donors (Lipinski definition) is 2. The van der Waals surface area contributed by atoms with Gasteiger partial charge in [-0.25, -0.2) is 9.69 Å². The van der Waals surface area contributed by atoms with Crippen LogP contribution in [0, 0.1) is 0 Å². The molecule has 0 unspecified atom stereocenters. The lowest BCUT2D eigenvalue weighted by atomic mass is 10.1. The van der Waals surface area contributed by atoms with Crippen molar-refractivity contribution < 1.29 is 23.9 Å². The number of anilines is 2. The number of halogens is 3. The highest BCUT2D eigenvalue weighted by Gasteiger charge is 2.37. The Hall–Kier alpha value is -3.66. The maximum absolute atomic E-state index is 13.1. The summed E-state index contributed by atoms with van der Waals surface area (Å²) in [6.07, 6.45) is 1.30. The number of nitrogens with one attached hydrogen (secondary N) is 2. The van der Waals surface area contributed by atoms with E-state index in [1.807, 2.05) is 0 Å². The lowest BCUT2D eigenvalue weighted by Gasteiger charge is -2.26. The second-order valence-electron chi connectivity index (χ2n) is 7.46. The number of benzene rings is 3. The van der Waals surface area contributed by atoms with Crippen LogP contribution in [0.5, 0.6) is 5.75 Å². The molecule has 0 radical (unpaired) electrons.